The highest BCUT2D eigenvalue weighted by Gasteiger charge is 2.16. The van der Waals surface area contributed by atoms with Gasteiger partial charge in [0, 0.05) is 5.56 Å². The van der Waals surface area contributed by atoms with E-state index in [1.165, 1.54) is 13.0 Å². The number of aromatic hydroxyl groups is 1. The molecule has 120 valence electrons. The first kappa shape index (κ1) is 16.5. The molecule has 0 radical (unpaired) electrons. The van der Waals surface area contributed by atoms with Gasteiger partial charge in [-0.05, 0) is 49.7 Å². The number of hydrogen-bond donors (Lipinski definition) is 1. The Morgan fingerprint density at radius 1 is 1.09 bits per heavy atom. The molecule has 2 rings (SSSR count). The van der Waals surface area contributed by atoms with Gasteiger partial charge in [-0.1, -0.05) is 12.1 Å². The minimum absolute atomic E-state index is 0.158. The molecule has 0 aliphatic carbocycles. The number of carbonyl (C=O) groups is 2. The summed E-state index contributed by atoms with van der Waals surface area (Å²) in [6.07, 6.45) is 0. The van der Waals surface area contributed by atoms with Crippen molar-refractivity contribution in [2.75, 3.05) is 6.61 Å². The Balaban J connectivity index is 2.21. The predicted molar refractivity (Wildman–Crippen MR) is 84.8 cm³/mol. The first-order valence-electron chi connectivity index (χ1n) is 7.24. The van der Waals surface area contributed by atoms with E-state index in [1.807, 2.05) is 6.07 Å². The molecule has 0 amide bonds. The largest absolute Gasteiger partial charge is 0.508 e. The van der Waals surface area contributed by atoms with Crippen molar-refractivity contribution in [2.24, 2.45) is 0 Å². The van der Waals surface area contributed by atoms with Gasteiger partial charge in [0.2, 0.25) is 0 Å². The van der Waals surface area contributed by atoms with Gasteiger partial charge in [0.25, 0.3) is 0 Å². The molecule has 0 saturated carbocycles. The maximum absolute atomic E-state index is 12.0. The lowest BCUT2D eigenvalue weighted by molar-refractivity contribution is 0.0522. The summed E-state index contributed by atoms with van der Waals surface area (Å²) < 4.78 is 10.6. The fourth-order valence-electron chi connectivity index (χ4n) is 2.11. The van der Waals surface area contributed by atoms with E-state index < -0.39 is 5.97 Å². The van der Waals surface area contributed by atoms with Crippen molar-refractivity contribution in [2.45, 2.75) is 20.5 Å². The monoisotopic (exact) mass is 314 g/mol. The van der Waals surface area contributed by atoms with Gasteiger partial charge in [0.1, 0.15) is 18.1 Å². The van der Waals surface area contributed by atoms with E-state index in [-0.39, 0.29) is 30.3 Å². The molecule has 0 atom stereocenters. The topological polar surface area (TPSA) is 72.8 Å². The molecule has 0 heterocycles. The molecule has 0 aliphatic heterocycles. The maximum Gasteiger partial charge on any atom is 0.338 e. The first-order chi connectivity index (χ1) is 11.0. The van der Waals surface area contributed by atoms with Crippen LogP contribution in [0.2, 0.25) is 0 Å². The van der Waals surface area contributed by atoms with Crippen LogP contribution < -0.4 is 4.74 Å². The molecule has 0 unspecified atom stereocenters. The molecular weight excluding hydrogens is 296 g/mol. The smallest absolute Gasteiger partial charge is 0.338 e. The predicted octanol–water partition coefficient (Wildman–Crippen LogP) is 3.35. The molecule has 5 nitrogen and oxygen atoms in total. The van der Waals surface area contributed by atoms with Crippen molar-refractivity contribution in [3.05, 3.63) is 59.2 Å². The summed E-state index contributed by atoms with van der Waals surface area (Å²) >= 11 is 0. The Morgan fingerprint density at radius 2 is 1.87 bits per heavy atom. The van der Waals surface area contributed by atoms with Gasteiger partial charge in [-0.15, -0.1) is 0 Å². The second-order valence-electron chi connectivity index (χ2n) is 4.94. The summed E-state index contributed by atoms with van der Waals surface area (Å²) in [6, 6.07) is 11.4. The molecular formula is C18H18O5. The highest BCUT2D eigenvalue weighted by Crippen LogP contribution is 2.21. The molecule has 0 fully saturated rings. The third-order valence-electron chi connectivity index (χ3n) is 3.18. The van der Waals surface area contributed by atoms with Gasteiger partial charge in [0.15, 0.2) is 5.78 Å². The third kappa shape index (κ3) is 4.32. The van der Waals surface area contributed by atoms with Gasteiger partial charge in [-0.25, -0.2) is 4.79 Å². The number of ether oxygens (including phenoxy) is 2. The zero-order valence-corrected chi connectivity index (χ0v) is 13.0. The van der Waals surface area contributed by atoms with Crippen LogP contribution in [0.25, 0.3) is 0 Å². The van der Waals surface area contributed by atoms with Crippen LogP contribution in [0.4, 0.5) is 0 Å². The number of esters is 1. The third-order valence-corrected chi connectivity index (χ3v) is 3.18. The summed E-state index contributed by atoms with van der Waals surface area (Å²) in [7, 11) is 0. The SMILES string of the molecule is CCOC(=O)c1cc(OCc2cccc(O)c2)ccc1C(C)=O. The van der Waals surface area contributed by atoms with Gasteiger partial charge in [-0.2, -0.15) is 0 Å². The minimum Gasteiger partial charge on any atom is -0.508 e. The molecule has 1 N–H and O–H groups in total. The summed E-state index contributed by atoms with van der Waals surface area (Å²) in [5.74, 6) is -0.167. The highest BCUT2D eigenvalue weighted by molar-refractivity contribution is 6.05. The second-order valence-corrected chi connectivity index (χ2v) is 4.94. The Labute approximate surface area is 134 Å². The van der Waals surface area contributed by atoms with E-state index in [0.29, 0.717) is 11.3 Å². The molecule has 0 aromatic heterocycles. The van der Waals surface area contributed by atoms with Gasteiger partial charge in [-0.3, -0.25) is 4.79 Å². The lowest BCUT2D eigenvalue weighted by Gasteiger charge is -2.11. The zero-order chi connectivity index (χ0) is 16.8. The van der Waals surface area contributed by atoms with Crippen molar-refractivity contribution in [1.82, 2.24) is 0 Å². The number of Topliss-reactive ketones (excluding diaryl/α,β-unsaturated/α-hetero) is 1. The quantitative estimate of drug-likeness (QED) is 0.654. The Morgan fingerprint density at radius 3 is 2.52 bits per heavy atom. The van der Waals surface area contributed by atoms with Crippen LogP contribution in [0, 0.1) is 0 Å². The fraction of sp³-hybridized carbons (Fsp3) is 0.222. The van der Waals surface area contributed by atoms with Crippen molar-refractivity contribution < 1.29 is 24.2 Å². The number of hydrogen-bond acceptors (Lipinski definition) is 5. The average Bonchev–Trinajstić information content (AvgIpc) is 2.53. The van der Waals surface area contributed by atoms with Crippen LogP contribution >= 0.6 is 0 Å². The van der Waals surface area contributed by atoms with Crippen molar-refractivity contribution in [3.8, 4) is 11.5 Å². The number of phenolic OH excluding ortho intramolecular Hbond substituents is 1. The standard InChI is InChI=1S/C18H18O5/c1-3-22-18(21)17-10-15(7-8-16(17)12(2)19)23-11-13-5-4-6-14(20)9-13/h4-10,20H,3,11H2,1-2H3. The summed E-state index contributed by atoms with van der Waals surface area (Å²) in [6.45, 7) is 3.56. The molecule has 0 bridgehead atoms. The Kier molecular flexibility index (Phi) is 5.36. The summed E-state index contributed by atoms with van der Waals surface area (Å²) in [5.41, 5.74) is 1.28. The molecule has 23 heavy (non-hydrogen) atoms. The van der Waals surface area contributed by atoms with Crippen molar-refractivity contribution in [1.29, 1.82) is 0 Å². The van der Waals surface area contributed by atoms with Crippen molar-refractivity contribution >= 4 is 11.8 Å². The van der Waals surface area contributed by atoms with E-state index in [2.05, 4.69) is 0 Å². The van der Waals surface area contributed by atoms with Crippen LogP contribution in [0.1, 0.15) is 40.1 Å². The van der Waals surface area contributed by atoms with E-state index in [1.54, 1.807) is 37.3 Å². The fourth-order valence-corrected chi connectivity index (χ4v) is 2.11. The summed E-state index contributed by atoms with van der Waals surface area (Å²) in [5, 5.41) is 9.43. The van der Waals surface area contributed by atoms with E-state index >= 15 is 0 Å². The summed E-state index contributed by atoms with van der Waals surface area (Å²) in [4.78, 5) is 23.6. The van der Waals surface area contributed by atoms with Gasteiger partial charge in [0.05, 0.1) is 12.2 Å². The van der Waals surface area contributed by atoms with Crippen molar-refractivity contribution in [3.63, 3.8) is 0 Å². The van der Waals surface area contributed by atoms with Gasteiger partial charge >= 0.3 is 5.97 Å². The molecule has 2 aromatic carbocycles. The molecule has 0 aliphatic rings. The number of ketones is 1. The van der Waals surface area contributed by atoms with Gasteiger partial charge < -0.3 is 14.6 Å². The lowest BCUT2D eigenvalue weighted by Crippen LogP contribution is -2.11. The second kappa shape index (κ2) is 7.45. The average molecular weight is 314 g/mol. The lowest BCUT2D eigenvalue weighted by atomic mass is 10.0. The normalized spacial score (nSPS) is 10.2. The van der Waals surface area contributed by atoms with E-state index in [0.717, 1.165) is 5.56 Å². The van der Waals surface area contributed by atoms with Crippen LogP contribution in [-0.4, -0.2) is 23.5 Å². The van der Waals surface area contributed by atoms with E-state index in [4.69, 9.17) is 9.47 Å². The van der Waals surface area contributed by atoms with Crippen LogP contribution in [-0.2, 0) is 11.3 Å². The Bertz CT molecular complexity index is 721. The van der Waals surface area contributed by atoms with E-state index in [9.17, 15) is 14.7 Å². The van der Waals surface area contributed by atoms with Crippen LogP contribution in [0.3, 0.4) is 0 Å². The number of phenols is 1. The zero-order valence-electron chi connectivity index (χ0n) is 13.0. The number of rotatable bonds is 6. The Hall–Kier alpha value is -2.82. The minimum atomic E-state index is -0.555. The molecule has 2 aromatic rings. The molecule has 0 saturated heterocycles. The van der Waals surface area contributed by atoms with Crippen LogP contribution in [0.15, 0.2) is 42.5 Å². The number of benzene rings is 2. The number of carbonyl (C=O) groups excluding carboxylic acids is 2. The van der Waals surface area contributed by atoms with Crippen LogP contribution in [0.5, 0.6) is 11.5 Å². The highest BCUT2D eigenvalue weighted by atomic mass is 16.5. The maximum atomic E-state index is 12.0. The molecule has 0 spiro atoms. The molecule has 5 heteroatoms. The first-order valence-corrected chi connectivity index (χ1v) is 7.24.